The lowest BCUT2D eigenvalue weighted by Gasteiger charge is -2.19. The normalized spacial score (nSPS) is 11.1. The van der Waals surface area contributed by atoms with Gasteiger partial charge in [-0.05, 0) is 29.2 Å². The van der Waals surface area contributed by atoms with E-state index in [0.29, 0.717) is 29.6 Å². The molecule has 0 unspecified atom stereocenters. The number of rotatable bonds is 8. The van der Waals surface area contributed by atoms with Crippen molar-refractivity contribution in [2.75, 3.05) is 26.1 Å². The maximum atomic E-state index is 12.4. The van der Waals surface area contributed by atoms with Gasteiger partial charge in [-0.1, -0.05) is 45.0 Å². The molecule has 1 aromatic heterocycles. The first-order valence-electron chi connectivity index (χ1n) is 10.1. The summed E-state index contributed by atoms with van der Waals surface area (Å²) >= 11 is 0. The smallest absolute Gasteiger partial charge is 0.263 e. The number of aromatic nitrogens is 2. The van der Waals surface area contributed by atoms with Gasteiger partial charge in [0.15, 0.2) is 18.1 Å². The van der Waals surface area contributed by atoms with Crippen LogP contribution in [-0.2, 0) is 16.8 Å². The van der Waals surface area contributed by atoms with E-state index in [-0.39, 0.29) is 17.9 Å². The number of nitrogens with one attached hydrogen (secondary N) is 1. The minimum absolute atomic E-state index is 0.0692. The van der Waals surface area contributed by atoms with Crippen molar-refractivity contribution in [1.29, 1.82) is 0 Å². The molecule has 0 atom stereocenters. The predicted octanol–water partition coefficient (Wildman–Crippen LogP) is 4.26. The van der Waals surface area contributed by atoms with Crippen molar-refractivity contribution in [3.63, 3.8) is 0 Å². The molecule has 0 aliphatic rings. The lowest BCUT2D eigenvalue weighted by atomic mass is 9.87. The van der Waals surface area contributed by atoms with Crippen LogP contribution in [0.25, 0.3) is 0 Å². The van der Waals surface area contributed by atoms with Gasteiger partial charge < -0.3 is 19.5 Å². The van der Waals surface area contributed by atoms with Gasteiger partial charge in [0.2, 0.25) is 0 Å². The Hall–Kier alpha value is -3.48. The number of nitrogens with zero attached hydrogens (tertiary/aromatic N) is 2. The Labute approximate surface area is 182 Å². The molecule has 1 N–H and O–H groups in total. The molecule has 0 aliphatic carbocycles. The van der Waals surface area contributed by atoms with Crippen LogP contribution in [0.5, 0.6) is 17.2 Å². The molecule has 1 heterocycles. The monoisotopic (exact) mass is 423 g/mol. The molecule has 7 nitrogen and oxygen atoms in total. The minimum atomic E-state index is -0.265. The van der Waals surface area contributed by atoms with Crippen molar-refractivity contribution in [3.8, 4) is 17.2 Å². The van der Waals surface area contributed by atoms with E-state index in [1.165, 1.54) is 5.56 Å². The van der Waals surface area contributed by atoms with Crippen LogP contribution in [0.2, 0.25) is 0 Å². The second-order valence-electron chi connectivity index (χ2n) is 8.14. The topological polar surface area (TPSA) is 74.6 Å². The zero-order chi connectivity index (χ0) is 22.4. The quantitative estimate of drug-likeness (QED) is 0.586. The number of carbonyl (C=O) groups is 1. The third-order valence-corrected chi connectivity index (χ3v) is 4.88. The molecular formula is C24H29N3O4. The van der Waals surface area contributed by atoms with Gasteiger partial charge in [0, 0.05) is 11.6 Å². The maximum absolute atomic E-state index is 12.4. The molecule has 0 aliphatic heterocycles. The van der Waals surface area contributed by atoms with E-state index in [1.807, 2.05) is 42.5 Å². The molecule has 3 aromatic rings. The standard InChI is InChI=1S/C24H29N3O4/c1-24(2,3)18-9-11-19(12-10-18)31-16-22(28)26-21-13-14-25-27(21)15-17-7-6-8-20(29-4)23(17)30-5/h6-14H,15-16H2,1-5H3,(H,26,28). The summed E-state index contributed by atoms with van der Waals surface area (Å²) in [5.74, 6) is 2.24. The number of hydrogen-bond acceptors (Lipinski definition) is 5. The van der Waals surface area contributed by atoms with Crippen LogP contribution in [0.15, 0.2) is 54.7 Å². The molecule has 164 valence electrons. The van der Waals surface area contributed by atoms with E-state index in [0.717, 1.165) is 5.56 Å². The highest BCUT2D eigenvalue weighted by Gasteiger charge is 2.15. The first-order chi connectivity index (χ1) is 14.8. The molecule has 0 spiro atoms. The Bertz CT molecular complexity index is 1020. The van der Waals surface area contributed by atoms with Crippen molar-refractivity contribution in [1.82, 2.24) is 9.78 Å². The van der Waals surface area contributed by atoms with Crippen molar-refractivity contribution >= 4 is 11.7 Å². The van der Waals surface area contributed by atoms with Crippen molar-refractivity contribution in [3.05, 3.63) is 65.9 Å². The first-order valence-corrected chi connectivity index (χ1v) is 10.1. The van der Waals surface area contributed by atoms with Crippen LogP contribution in [0.1, 0.15) is 31.9 Å². The van der Waals surface area contributed by atoms with E-state index in [2.05, 4.69) is 31.2 Å². The zero-order valence-corrected chi connectivity index (χ0v) is 18.6. The fraction of sp³-hybridized carbons (Fsp3) is 0.333. The Kier molecular flexibility index (Phi) is 6.84. The summed E-state index contributed by atoms with van der Waals surface area (Å²) < 4.78 is 18.1. The molecule has 2 aromatic carbocycles. The lowest BCUT2D eigenvalue weighted by molar-refractivity contribution is -0.118. The second-order valence-corrected chi connectivity index (χ2v) is 8.14. The van der Waals surface area contributed by atoms with E-state index < -0.39 is 0 Å². The molecule has 3 rings (SSSR count). The Morgan fingerprint density at radius 2 is 1.77 bits per heavy atom. The molecule has 1 amide bonds. The fourth-order valence-electron chi connectivity index (χ4n) is 3.18. The Balaban J connectivity index is 1.62. The van der Waals surface area contributed by atoms with Gasteiger partial charge in [-0.25, -0.2) is 4.68 Å². The van der Waals surface area contributed by atoms with Gasteiger partial charge in [-0.3, -0.25) is 4.79 Å². The van der Waals surface area contributed by atoms with Crippen LogP contribution in [0, 0.1) is 0 Å². The first kappa shape index (κ1) is 22.2. The number of ether oxygens (including phenoxy) is 3. The minimum Gasteiger partial charge on any atom is -0.493 e. The van der Waals surface area contributed by atoms with Crippen LogP contribution in [0.3, 0.4) is 0 Å². The van der Waals surface area contributed by atoms with Crippen molar-refractivity contribution in [2.45, 2.75) is 32.7 Å². The highest BCUT2D eigenvalue weighted by atomic mass is 16.5. The predicted molar refractivity (Wildman–Crippen MR) is 120 cm³/mol. The van der Waals surface area contributed by atoms with Crippen LogP contribution in [-0.4, -0.2) is 36.5 Å². The second kappa shape index (κ2) is 9.55. The number of benzene rings is 2. The molecule has 0 radical (unpaired) electrons. The number of amides is 1. The fourth-order valence-corrected chi connectivity index (χ4v) is 3.18. The van der Waals surface area contributed by atoms with E-state index >= 15 is 0 Å². The van der Waals surface area contributed by atoms with Gasteiger partial charge >= 0.3 is 0 Å². The third kappa shape index (κ3) is 5.57. The molecule has 7 heteroatoms. The molecule has 0 saturated heterocycles. The number of hydrogen-bond donors (Lipinski definition) is 1. The Morgan fingerprint density at radius 1 is 1.03 bits per heavy atom. The third-order valence-electron chi connectivity index (χ3n) is 4.88. The summed E-state index contributed by atoms with van der Waals surface area (Å²) in [4.78, 5) is 12.4. The van der Waals surface area contributed by atoms with Gasteiger partial charge in [-0.2, -0.15) is 5.10 Å². The summed E-state index contributed by atoms with van der Waals surface area (Å²) in [6.45, 7) is 6.78. The number of para-hydroxylation sites is 1. The molecule has 31 heavy (non-hydrogen) atoms. The molecule has 0 fully saturated rings. The maximum Gasteiger partial charge on any atom is 0.263 e. The number of anilines is 1. The van der Waals surface area contributed by atoms with Crippen LogP contribution in [0.4, 0.5) is 5.82 Å². The van der Waals surface area contributed by atoms with Crippen molar-refractivity contribution in [2.24, 2.45) is 0 Å². The molecule has 0 bridgehead atoms. The number of methoxy groups -OCH3 is 2. The average molecular weight is 424 g/mol. The SMILES string of the molecule is COc1cccc(Cn2nccc2NC(=O)COc2ccc(C(C)(C)C)cc2)c1OC. The zero-order valence-electron chi connectivity index (χ0n) is 18.6. The van der Waals surface area contributed by atoms with Crippen LogP contribution >= 0.6 is 0 Å². The summed E-state index contributed by atoms with van der Waals surface area (Å²) in [5.41, 5.74) is 2.16. The van der Waals surface area contributed by atoms with E-state index in [1.54, 1.807) is 31.2 Å². The lowest BCUT2D eigenvalue weighted by Crippen LogP contribution is -2.22. The van der Waals surface area contributed by atoms with Crippen LogP contribution < -0.4 is 19.5 Å². The molecular weight excluding hydrogens is 394 g/mol. The summed E-state index contributed by atoms with van der Waals surface area (Å²) in [7, 11) is 3.19. The van der Waals surface area contributed by atoms with Gasteiger partial charge in [-0.15, -0.1) is 0 Å². The summed E-state index contributed by atoms with van der Waals surface area (Å²) in [5, 5.41) is 7.16. The van der Waals surface area contributed by atoms with Gasteiger partial charge in [0.05, 0.1) is 27.0 Å². The van der Waals surface area contributed by atoms with Gasteiger partial charge in [0.25, 0.3) is 5.91 Å². The van der Waals surface area contributed by atoms with E-state index in [9.17, 15) is 4.79 Å². The van der Waals surface area contributed by atoms with E-state index in [4.69, 9.17) is 14.2 Å². The largest absolute Gasteiger partial charge is 0.493 e. The Morgan fingerprint density at radius 3 is 2.42 bits per heavy atom. The summed E-state index contributed by atoms with van der Waals surface area (Å²) in [6, 6.07) is 15.2. The van der Waals surface area contributed by atoms with Crippen molar-refractivity contribution < 1.29 is 19.0 Å². The molecule has 0 saturated carbocycles. The van der Waals surface area contributed by atoms with Gasteiger partial charge in [0.1, 0.15) is 11.6 Å². The highest BCUT2D eigenvalue weighted by molar-refractivity contribution is 5.91. The number of carbonyl (C=O) groups excluding carboxylic acids is 1. The summed E-state index contributed by atoms with van der Waals surface area (Å²) in [6.07, 6.45) is 1.63. The highest BCUT2D eigenvalue weighted by Crippen LogP contribution is 2.31. The average Bonchev–Trinajstić information content (AvgIpc) is 3.18.